The maximum absolute atomic E-state index is 3.93. The van der Waals surface area contributed by atoms with Gasteiger partial charge in [0.15, 0.2) is 0 Å². The Bertz CT molecular complexity index is 543. The van der Waals surface area contributed by atoms with Crippen LogP contribution in [0, 0.1) is 12.8 Å². The molecule has 1 saturated carbocycles. The number of aromatic nitrogens is 4. The van der Waals surface area contributed by atoms with E-state index in [9.17, 15) is 0 Å². The predicted octanol–water partition coefficient (Wildman–Crippen LogP) is 2.96. The molecule has 5 nitrogen and oxygen atoms in total. The van der Waals surface area contributed by atoms with Crippen molar-refractivity contribution in [3.05, 3.63) is 30.1 Å². The second-order valence-corrected chi connectivity index (χ2v) is 5.64. The molecule has 1 aromatic carbocycles. The molecule has 0 spiro atoms. The highest BCUT2D eigenvalue weighted by Crippen LogP contribution is 2.24. The van der Waals surface area contributed by atoms with Crippen LogP contribution >= 0.6 is 0 Å². The van der Waals surface area contributed by atoms with E-state index in [2.05, 4.69) is 46.0 Å². The first-order valence-corrected chi connectivity index (χ1v) is 7.41. The summed E-state index contributed by atoms with van der Waals surface area (Å²) in [5.74, 6) is 0.836. The van der Waals surface area contributed by atoms with E-state index >= 15 is 0 Å². The highest BCUT2D eigenvalue weighted by atomic mass is 15.5. The van der Waals surface area contributed by atoms with E-state index in [0.29, 0.717) is 0 Å². The molecule has 1 aliphatic rings. The molecule has 0 radical (unpaired) electrons. The van der Waals surface area contributed by atoms with Crippen molar-refractivity contribution in [3.63, 3.8) is 0 Å². The molecular formula is C15H21N5. The van der Waals surface area contributed by atoms with Crippen LogP contribution in [0.5, 0.6) is 0 Å². The van der Waals surface area contributed by atoms with Gasteiger partial charge in [0, 0.05) is 12.2 Å². The van der Waals surface area contributed by atoms with Crippen molar-refractivity contribution in [1.82, 2.24) is 20.2 Å². The average molecular weight is 271 g/mol. The molecule has 106 valence electrons. The van der Waals surface area contributed by atoms with Gasteiger partial charge in [-0.3, -0.25) is 0 Å². The monoisotopic (exact) mass is 271 g/mol. The Labute approximate surface area is 119 Å². The third-order valence-electron chi connectivity index (χ3n) is 4.11. The number of nitrogens with zero attached hydrogens (tertiary/aromatic N) is 4. The van der Waals surface area contributed by atoms with E-state index in [1.54, 1.807) is 11.0 Å². The van der Waals surface area contributed by atoms with Gasteiger partial charge in [-0.1, -0.05) is 19.3 Å². The van der Waals surface area contributed by atoms with Crippen molar-refractivity contribution in [1.29, 1.82) is 0 Å². The molecule has 3 rings (SSSR count). The molecule has 1 aromatic heterocycles. The standard InChI is InChI=1S/C15H21N5/c1-12-9-14(16-10-13-5-3-2-4-6-13)7-8-15(12)20-11-17-18-19-20/h7-9,11,13,16H,2-6,10H2,1H3. The fourth-order valence-corrected chi connectivity index (χ4v) is 2.95. The molecule has 2 aromatic rings. The molecule has 1 aliphatic carbocycles. The lowest BCUT2D eigenvalue weighted by Gasteiger charge is -2.22. The van der Waals surface area contributed by atoms with Gasteiger partial charge < -0.3 is 5.32 Å². The maximum atomic E-state index is 3.93. The smallest absolute Gasteiger partial charge is 0.143 e. The van der Waals surface area contributed by atoms with E-state index in [-0.39, 0.29) is 0 Å². The molecule has 0 saturated heterocycles. The van der Waals surface area contributed by atoms with Crippen molar-refractivity contribution in [3.8, 4) is 5.69 Å². The van der Waals surface area contributed by atoms with Crippen molar-refractivity contribution in [2.75, 3.05) is 11.9 Å². The molecule has 0 unspecified atom stereocenters. The minimum atomic E-state index is 0.836. The fourth-order valence-electron chi connectivity index (χ4n) is 2.95. The Kier molecular flexibility index (Phi) is 3.95. The first kappa shape index (κ1) is 13.1. The molecule has 1 heterocycles. The summed E-state index contributed by atoms with van der Waals surface area (Å²) < 4.78 is 1.69. The number of nitrogens with one attached hydrogen (secondary N) is 1. The summed E-state index contributed by atoms with van der Waals surface area (Å²) in [7, 11) is 0. The van der Waals surface area contributed by atoms with E-state index in [4.69, 9.17) is 0 Å². The van der Waals surface area contributed by atoms with Gasteiger partial charge >= 0.3 is 0 Å². The largest absolute Gasteiger partial charge is 0.385 e. The maximum Gasteiger partial charge on any atom is 0.143 e. The van der Waals surface area contributed by atoms with Crippen LogP contribution in [0.4, 0.5) is 5.69 Å². The van der Waals surface area contributed by atoms with Crippen molar-refractivity contribution in [2.24, 2.45) is 5.92 Å². The molecule has 5 heteroatoms. The van der Waals surface area contributed by atoms with Gasteiger partial charge in [0.05, 0.1) is 5.69 Å². The normalized spacial score (nSPS) is 16.2. The average Bonchev–Trinajstić information content (AvgIpc) is 3.00. The van der Waals surface area contributed by atoms with Crippen LogP contribution < -0.4 is 5.32 Å². The SMILES string of the molecule is Cc1cc(NCC2CCCCC2)ccc1-n1cnnn1. The van der Waals surface area contributed by atoms with E-state index in [0.717, 1.165) is 18.2 Å². The number of aryl methyl sites for hydroxylation is 1. The summed E-state index contributed by atoms with van der Waals surface area (Å²) in [5.41, 5.74) is 3.38. The lowest BCUT2D eigenvalue weighted by molar-refractivity contribution is 0.373. The second-order valence-electron chi connectivity index (χ2n) is 5.64. The third-order valence-corrected chi connectivity index (χ3v) is 4.11. The van der Waals surface area contributed by atoms with Crippen molar-refractivity contribution in [2.45, 2.75) is 39.0 Å². The quantitative estimate of drug-likeness (QED) is 0.929. The summed E-state index contributed by atoms with van der Waals surface area (Å²) in [4.78, 5) is 0. The number of rotatable bonds is 4. The number of tetrazole rings is 1. The Morgan fingerprint density at radius 3 is 2.80 bits per heavy atom. The van der Waals surface area contributed by atoms with Crippen LogP contribution in [0.15, 0.2) is 24.5 Å². The predicted molar refractivity (Wildman–Crippen MR) is 79.0 cm³/mol. The number of benzene rings is 1. The van der Waals surface area contributed by atoms with E-state index in [1.165, 1.54) is 43.4 Å². The first-order chi connectivity index (χ1) is 9.83. The molecule has 1 N–H and O–H groups in total. The van der Waals surface area contributed by atoms with Crippen LogP contribution in [0.1, 0.15) is 37.7 Å². The van der Waals surface area contributed by atoms with Gasteiger partial charge in [-0.25, -0.2) is 4.68 Å². The number of hydrogen-bond acceptors (Lipinski definition) is 4. The number of anilines is 1. The molecular weight excluding hydrogens is 250 g/mol. The molecule has 0 amide bonds. The Balaban J connectivity index is 1.64. The number of hydrogen-bond donors (Lipinski definition) is 1. The highest BCUT2D eigenvalue weighted by Gasteiger charge is 2.13. The van der Waals surface area contributed by atoms with Crippen molar-refractivity contribution >= 4 is 5.69 Å². The lowest BCUT2D eigenvalue weighted by atomic mass is 9.89. The van der Waals surface area contributed by atoms with Crippen LogP contribution in [-0.4, -0.2) is 26.8 Å². The molecule has 0 aliphatic heterocycles. The van der Waals surface area contributed by atoms with Gasteiger partial charge in [-0.15, -0.1) is 5.10 Å². The summed E-state index contributed by atoms with van der Waals surface area (Å²) in [6.45, 7) is 3.17. The fraction of sp³-hybridized carbons (Fsp3) is 0.533. The van der Waals surface area contributed by atoms with Crippen LogP contribution in [0.3, 0.4) is 0 Å². The molecule has 1 fully saturated rings. The van der Waals surface area contributed by atoms with E-state index < -0.39 is 0 Å². The Morgan fingerprint density at radius 2 is 2.10 bits per heavy atom. The van der Waals surface area contributed by atoms with Gasteiger partial charge in [0.25, 0.3) is 0 Å². The zero-order valence-electron chi connectivity index (χ0n) is 11.9. The minimum absolute atomic E-state index is 0.836. The third kappa shape index (κ3) is 2.98. The van der Waals surface area contributed by atoms with Gasteiger partial charge in [-0.05, 0) is 59.9 Å². The van der Waals surface area contributed by atoms with Gasteiger partial charge in [-0.2, -0.15) is 0 Å². The topological polar surface area (TPSA) is 55.6 Å². The lowest BCUT2D eigenvalue weighted by Crippen LogP contribution is -2.17. The van der Waals surface area contributed by atoms with Gasteiger partial charge in [0.2, 0.25) is 0 Å². The van der Waals surface area contributed by atoms with Crippen LogP contribution in [-0.2, 0) is 0 Å². The summed E-state index contributed by atoms with van der Waals surface area (Å²) >= 11 is 0. The second kappa shape index (κ2) is 6.03. The summed E-state index contributed by atoms with van der Waals surface area (Å²) in [5, 5.41) is 14.9. The zero-order valence-corrected chi connectivity index (χ0v) is 11.9. The summed E-state index contributed by atoms with van der Waals surface area (Å²) in [6, 6.07) is 6.33. The molecule has 0 atom stereocenters. The molecule has 20 heavy (non-hydrogen) atoms. The van der Waals surface area contributed by atoms with Crippen LogP contribution in [0.2, 0.25) is 0 Å². The molecule has 0 bridgehead atoms. The zero-order chi connectivity index (χ0) is 13.8. The minimum Gasteiger partial charge on any atom is -0.385 e. The summed E-state index contributed by atoms with van der Waals surface area (Å²) in [6.07, 6.45) is 8.56. The van der Waals surface area contributed by atoms with Crippen LogP contribution in [0.25, 0.3) is 5.69 Å². The van der Waals surface area contributed by atoms with Gasteiger partial charge in [0.1, 0.15) is 6.33 Å². The van der Waals surface area contributed by atoms with E-state index in [1.807, 2.05) is 0 Å². The first-order valence-electron chi connectivity index (χ1n) is 7.41. The Morgan fingerprint density at radius 1 is 1.25 bits per heavy atom. The Hall–Kier alpha value is -1.91. The highest BCUT2D eigenvalue weighted by molar-refractivity contribution is 5.53. The van der Waals surface area contributed by atoms with Crippen molar-refractivity contribution < 1.29 is 0 Å².